The van der Waals surface area contributed by atoms with Crippen molar-refractivity contribution in [2.24, 2.45) is 0 Å². The Hall–Kier alpha value is -1.15. The summed E-state index contributed by atoms with van der Waals surface area (Å²) in [5, 5.41) is 0. The second-order valence-corrected chi connectivity index (χ2v) is 3.55. The van der Waals surface area contributed by atoms with E-state index in [-0.39, 0.29) is 20.4 Å². The van der Waals surface area contributed by atoms with Crippen LogP contribution in [0.3, 0.4) is 0 Å². The minimum atomic E-state index is 0. The van der Waals surface area contributed by atoms with E-state index < -0.39 is 0 Å². The van der Waals surface area contributed by atoms with Crippen molar-refractivity contribution in [3.63, 3.8) is 0 Å². The zero-order valence-electron chi connectivity index (χ0n) is 9.15. The third-order valence-electron chi connectivity index (χ3n) is 1.70. The van der Waals surface area contributed by atoms with Crippen LogP contribution in [0.15, 0.2) is 47.1 Å². The fourth-order valence-electron chi connectivity index (χ4n) is 1.11. The van der Waals surface area contributed by atoms with Crippen LogP contribution in [-0.4, -0.2) is 18.6 Å². The fraction of sp³-hybridized carbons (Fsp3) is 0. The molecule has 0 aliphatic rings. The molecule has 0 unspecified atom stereocenters. The zero-order chi connectivity index (χ0) is 13.1. The standard InChI is InChI=1S/C11H7BrN.2CHO.Pd/c12-10-5-3-4-9(8-10)11-6-1-2-7-13-11;2*1-2;/h1-3,5-8H;2*1H;/q3*-1;. The SMILES string of the molecule is Brc1cc[c-]c(-c2ccccn2)c1.[CH-]=O.[CH-]=O.[Pd]. The molecular weight excluding hydrogens is 388 g/mol. The first-order chi connectivity index (χ1) is 8.36. The molecule has 0 saturated heterocycles. The molecule has 1 aromatic carbocycles. The summed E-state index contributed by atoms with van der Waals surface area (Å²) in [6.45, 7) is 6.50. The summed E-state index contributed by atoms with van der Waals surface area (Å²) in [6.07, 6.45) is 1.78. The van der Waals surface area contributed by atoms with Crippen molar-refractivity contribution >= 4 is 29.5 Å². The molecule has 2 aromatic rings. The first kappa shape index (κ1) is 19.2. The maximum Gasteiger partial charge on any atom is 0.0160 e. The molecule has 0 aliphatic heterocycles. The van der Waals surface area contributed by atoms with Gasteiger partial charge in [-0.25, -0.2) is 0 Å². The van der Waals surface area contributed by atoms with E-state index in [4.69, 9.17) is 9.59 Å². The van der Waals surface area contributed by atoms with Crippen molar-refractivity contribution in [2.75, 3.05) is 0 Å². The van der Waals surface area contributed by atoms with E-state index in [9.17, 15) is 0 Å². The quantitative estimate of drug-likeness (QED) is 0.422. The Morgan fingerprint density at radius 1 is 1.11 bits per heavy atom. The summed E-state index contributed by atoms with van der Waals surface area (Å²) in [6, 6.07) is 14.8. The van der Waals surface area contributed by atoms with Crippen molar-refractivity contribution < 1.29 is 30.0 Å². The molecule has 0 saturated carbocycles. The normalized spacial score (nSPS) is 7.61. The molecular formula is C13H9BrNO2Pd-3. The van der Waals surface area contributed by atoms with Crippen LogP contribution in [0, 0.1) is 6.07 Å². The van der Waals surface area contributed by atoms with E-state index in [2.05, 4.69) is 40.6 Å². The fourth-order valence-corrected chi connectivity index (χ4v) is 1.47. The second-order valence-electron chi connectivity index (χ2n) is 2.64. The van der Waals surface area contributed by atoms with E-state index >= 15 is 0 Å². The van der Waals surface area contributed by atoms with E-state index in [1.807, 2.05) is 36.4 Å². The van der Waals surface area contributed by atoms with Crippen LogP contribution >= 0.6 is 15.9 Å². The first-order valence-electron chi connectivity index (χ1n) is 4.42. The van der Waals surface area contributed by atoms with Crippen LogP contribution in [0.5, 0.6) is 0 Å². The summed E-state index contributed by atoms with van der Waals surface area (Å²) in [4.78, 5) is 19.7. The van der Waals surface area contributed by atoms with Crippen molar-refractivity contribution in [1.82, 2.24) is 4.98 Å². The smallest absolute Gasteiger partial charge is 0.0160 e. The number of halogens is 1. The molecule has 1 aromatic heterocycles. The van der Waals surface area contributed by atoms with Crippen molar-refractivity contribution in [1.29, 1.82) is 0 Å². The number of benzene rings is 1. The minimum Gasteiger partial charge on any atom is -0.545 e. The van der Waals surface area contributed by atoms with Gasteiger partial charge in [0.1, 0.15) is 0 Å². The van der Waals surface area contributed by atoms with Crippen LogP contribution < -0.4 is 0 Å². The molecule has 5 heteroatoms. The largest absolute Gasteiger partial charge is 0.545 e. The van der Waals surface area contributed by atoms with Crippen LogP contribution in [0.25, 0.3) is 11.3 Å². The third kappa shape index (κ3) is 6.55. The molecule has 0 atom stereocenters. The molecule has 98 valence electrons. The van der Waals surface area contributed by atoms with Crippen molar-refractivity contribution in [3.05, 3.63) is 53.1 Å². The predicted molar refractivity (Wildman–Crippen MR) is 69.7 cm³/mol. The average molecular weight is 398 g/mol. The summed E-state index contributed by atoms with van der Waals surface area (Å²) >= 11 is 3.41. The Morgan fingerprint density at radius 2 is 1.78 bits per heavy atom. The molecule has 0 bridgehead atoms. The zero-order valence-corrected chi connectivity index (χ0v) is 12.3. The van der Waals surface area contributed by atoms with Crippen LogP contribution in [0.2, 0.25) is 0 Å². The Bertz CT molecular complexity index is 438. The number of rotatable bonds is 1. The van der Waals surface area contributed by atoms with Gasteiger partial charge in [-0.1, -0.05) is 32.5 Å². The maximum atomic E-state index is 7.75. The second kappa shape index (κ2) is 12.3. The number of hydrogen-bond acceptors (Lipinski definition) is 3. The van der Waals surface area contributed by atoms with Crippen molar-refractivity contribution in [3.8, 4) is 11.3 Å². The van der Waals surface area contributed by atoms with Crippen molar-refractivity contribution in [2.45, 2.75) is 0 Å². The Kier molecular flexibility index (Phi) is 13.1. The summed E-state index contributed by atoms with van der Waals surface area (Å²) in [5.74, 6) is 0. The van der Waals surface area contributed by atoms with E-state index in [0.29, 0.717) is 0 Å². The number of hydrogen-bond donors (Lipinski definition) is 0. The molecule has 0 amide bonds. The molecule has 0 spiro atoms. The van der Waals surface area contributed by atoms with Gasteiger partial charge in [-0.15, -0.1) is 29.8 Å². The number of carbonyl (C=O) groups excluding carboxylic acids is 2. The van der Waals surface area contributed by atoms with Crippen LogP contribution in [0.4, 0.5) is 0 Å². The molecule has 0 radical (unpaired) electrons. The van der Waals surface area contributed by atoms with Gasteiger partial charge in [-0.2, -0.15) is 0 Å². The topological polar surface area (TPSA) is 47.0 Å². The van der Waals surface area contributed by atoms with E-state index in [1.165, 1.54) is 0 Å². The number of pyridine rings is 1. The molecule has 3 nitrogen and oxygen atoms in total. The van der Waals surface area contributed by atoms with Crippen LogP contribution in [0.1, 0.15) is 0 Å². The van der Waals surface area contributed by atoms with Gasteiger partial charge < -0.3 is 14.6 Å². The Balaban J connectivity index is 0. The van der Waals surface area contributed by atoms with Gasteiger partial charge in [0.25, 0.3) is 0 Å². The molecule has 1 heterocycles. The first-order valence-corrected chi connectivity index (χ1v) is 5.21. The van der Waals surface area contributed by atoms with Gasteiger partial charge in [0.05, 0.1) is 0 Å². The van der Waals surface area contributed by atoms with Gasteiger partial charge >= 0.3 is 0 Å². The molecule has 0 N–H and O–H groups in total. The average Bonchev–Trinajstić information content (AvgIpc) is 2.44. The maximum absolute atomic E-state index is 7.75. The Morgan fingerprint density at radius 3 is 2.28 bits per heavy atom. The summed E-state index contributed by atoms with van der Waals surface area (Å²) in [5.41, 5.74) is 1.96. The van der Waals surface area contributed by atoms with Gasteiger partial charge in [0.15, 0.2) is 0 Å². The van der Waals surface area contributed by atoms with E-state index in [0.717, 1.165) is 15.7 Å². The van der Waals surface area contributed by atoms with Crippen LogP contribution in [-0.2, 0) is 30.0 Å². The molecule has 0 aliphatic carbocycles. The summed E-state index contributed by atoms with van der Waals surface area (Å²) < 4.78 is 1.05. The number of aromatic nitrogens is 1. The molecule has 0 fully saturated rings. The van der Waals surface area contributed by atoms with Gasteiger partial charge in [0, 0.05) is 26.6 Å². The monoisotopic (exact) mass is 396 g/mol. The third-order valence-corrected chi connectivity index (χ3v) is 2.20. The van der Waals surface area contributed by atoms with Gasteiger partial charge in [-0.05, 0) is 11.8 Å². The van der Waals surface area contributed by atoms with Gasteiger partial charge in [-0.3, -0.25) is 13.6 Å². The Labute approximate surface area is 128 Å². The summed E-state index contributed by atoms with van der Waals surface area (Å²) in [7, 11) is 0. The number of nitrogens with zero attached hydrogens (tertiary/aromatic N) is 1. The molecule has 2 rings (SSSR count). The van der Waals surface area contributed by atoms with Gasteiger partial charge in [0.2, 0.25) is 0 Å². The molecule has 18 heavy (non-hydrogen) atoms. The minimum absolute atomic E-state index is 0. The van der Waals surface area contributed by atoms with E-state index in [1.54, 1.807) is 6.20 Å². The predicted octanol–water partition coefficient (Wildman–Crippen LogP) is 2.76.